The molecule has 1 aromatic carbocycles. The van der Waals surface area contributed by atoms with E-state index in [1.165, 1.54) is 0 Å². The Kier molecular flexibility index (Phi) is 5.38. The largest absolute Gasteiger partial charge is 0.329 e. The van der Waals surface area contributed by atoms with Crippen LogP contribution in [0.5, 0.6) is 0 Å². The zero-order valence-corrected chi connectivity index (χ0v) is 11.8. The van der Waals surface area contributed by atoms with Crippen LogP contribution in [-0.2, 0) is 0 Å². The van der Waals surface area contributed by atoms with Crippen molar-refractivity contribution < 1.29 is 13.2 Å². The van der Waals surface area contributed by atoms with E-state index in [0.29, 0.717) is 11.5 Å². The molecule has 2 N–H and O–H groups in total. The van der Waals surface area contributed by atoms with Gasteiger partial charge >= 0.3 is 0 Å². The van der Waals surface area contributed by atoms with Gasteiger partial charge in [0.2, 0.25) is 0 Å². The smallest absolute Gasteiger partial charge is 0.194 e. The minimum absolute atomic E-state index is 0.185. The van der Waals surface area contributed by atoms with Crippen molar-refractivity contribution in [3.8, 4) is 0 Å². The van der Waals surface area contributed by atoms with E-state index in [0.717, 1.165) is 12.1 Å². The molecule has 0 aliphatic rings. The lowest BCUT2D eigenvalue weighted by Crippen LogP contribution is -2.39. The van der Waals surface area contributed by atoms with Gasteiger partial charge in [-0.2, -0.15) is 0 Å². The summed E-state index contributed by atoms with van der Waals surface area (Å²) in [6, 6.07) is 1.87. The van der Waals surface area contributed by atoms with E-state index in [2.05, 4.69) is 13.8 Å². The second-order valence-corrected chi connectivity index (χ2v) is 5.20. The zero-order valence-electron chi connectivity index (χ0n) is 11.8. The van der Waals surface area contributed by atoms with Gasteiger partial charge in [0, 0.05) is 18.6 Å². The average Bonchev–Trinajstić information content (AvgIpc) is 2.35. The fraction of sp³-hybridized carbons (Fsp3) is 0.571. The molecule has 2 unspecified atom stereocenters. The highest BCUT2D eigenvalue weighted by Gasteiger charge is 2.24. The maximum atomic E-state index is 13.3. The van der Waals surface area contributed by atoms with Gasteiger partial charge in [-0.15, -0.1) is 0 Å². The number of likely N-dealkylation sites (N-methyl/N-ethyl adjacent to an activating group) is 1. The fourth-order valence-electron chi connectivity index (χ4n) is 2.06. The van der Waals surface area contributed by atoms with Crippen molar-refractivity contribution in [3.05, 3.63) is 35.1 Å². The third-order valence-corrected chi connectivity index (χ3v) is 3.71. The first-order valence-electron chi connectivity index (χ1n) is 6.36. The van der Waals surface area contributed by atoms with Crippen molar-refractivity contribution in [3.63, 3.8) is 0 Å². The van der Waals surface area contributed by atoms with Gasteiger partial charge < -0.3 is 5.73 Å². The molecular formula is C14H21F3N2. The van der Waals surface area contributed by atoms with E-state index in [4.69, 9.17) is 5.73 Å². The number of nitrogens with zero attached hydrogens (tertiary/aromatic N) is 1. The van der Waals surface area contributed by atoms with E-state index in [1.807, 2.05) is 18.9 Å². The van der Waals surface area contributed by atoms with Gasteiger partial charge in [-0.1, -0.05) is 13.8 Å². The molecule has 0 spiro atoms. The topological polar surface area (TPSA) is 29.3 Å². The van der Waals surface area contributed by atoms with Crippen LogP contribution in [0.2, 0.25) is 0 Å². The van der Waals surface area contributed by atoms with Gasteiger partial charge in [0.25, 0.3) is 0 Å². The standard InChI is InChI=1S/C14H21F3N2/c1-8(2)9(3)19(4)13(7-18)10-5-11(15)14(17)12(16)6-10/h5-6,8-9,13H,7,18H2,1-4H3. The molecule has 0 radical (unpaired) electrons. The van der Waals surface area contributed by atoms with Crippen molar-refractivity contribution in [2.45, 2.75) is 32.9 Å². The van der Waals surface area contributed by atoms with Crippen LogP contribution in [0.4, 0.5) is 13.2 Å². The Bertz CT molecular complexity index is 412. The first kappa shape index (κ1) is 16.0. The van der Waals surface area contributed by atoms with Crippen molar-refractivity contribution in [1.82, 2.24) is 4.90 Å². The summed E-state index contributed by atoms with van der Waals surface area (Å²) in [6.07, 6.45) is 0. The lowest BCUT2D eigenvalue weighted by molar-refractivity contribution is 0.151. The molecule has 0 amide bonds. The maximum Gasteiger partial charge on any atom is 0.194 e. The quantitative estimate of drug-likeness (QED) is 0.836. The van der Waals surface area contributed by atoms with Gasteiger partial charge in [0.1, 0.15) is 0 Å². The van der Waals surface area contributed by atoms with Crippen molar-refractivity contribution in [1.29, 1.82) is 0 Å². The third-order valence-electron chi connectivity index (χ3n) is 3.71. The second kappa shape index (κ2) is 6.39. The Hall–Kier alpha value is -1.07. The highest BCUT2D eigenvalue weighted by molar-refractivity contribution is 5.23. The van der Waals surface area contributed by atoms with Crippen LogP contribution in [0, 0.1) is 23.4 Å². The zero-order chi connectivity index (χ0) is 14.7. The highest BCUT2D eigenvalue weighted by atomic mass is 19.2. The van der Waals surface area contributed by atoms with Crippen LogP contribution in [0.15, 0.2) is 12.1 Å². The van der Waals surface area contributed by atoms with Crippen molar-refractivity contribution in [2.24, 2.45) is 11.7 Å². The normalized spacial score (nSPS) is 15.1. The summed E-state index contributed by atoms with van der Waals surface area (Å²) in [5.74, 6) is -3.44. The van der Waals surface area contributed by atoms with Crippen LogP contribution in [0.1, 0.15) is 32.4 Å². The molecule has 2 atom stereocenters. The molecule has 19 heavy (non-hydrogen) atoms. The van der Waals surface area contributed by atoms with Crippen LogP contribution in [-0.4, -0.2) is 24.5 Å². The molecule has 0 fully saturated rings. The first-order chi connectivity index (χ1) is 8.79. The first-order valence-corrected chi connectivity index (χ1v) is 6.36. The summed E-state index contributed by atoms with van der Waals surface area (Å²) in [5, 5.41) is 0. The number of benzene rings is 1. The number of rotatable bonds is 5. The minimum atomic E-state index is -1.45. The van der Waals surface area contributed by atoms with Gasteiger partial charge in [-0.05, 0) is 37.6 Å². The average molecular weight is 274 g/mol. The summed E-state index contributed by atoms with van der Waals surface area (Å²) in [4.78, 5) is 1.96. The third kappa shape index (κ3) is 3.48. The van der Waals surface area contributed by atoms with E-state index in [9.17, 15) is 13.2 Å². The molecular weight excluding hydrogens is 253 g/mol. The van der Waals surface area contributed by atoms with Gasteiger partial charge in [-0.25, -0.2) is 13.2 Å². The molecule has 0 heterocycles. The van der Waals surface area contributed by atoms with Crippen LogP contribution >= 0.6 is 0 Å². The Morgan fingerprint density at radius 1 is 1.11 bits per heavy atom. The number of hydrogen-bond acceptors (Lipinski definition) is 2. The molecule has 108 valence electrons. The van der Waals surface area contributed by atoms with Crippen LogP contribution in [0.25, 0.3) is 0 Å². The molecule has 5 heteroatoms. The fourth-order valence-corrected chi connectivity index (χ4v) is 2.06. The highest BCUT2D eigenvalue weighted by Crippen LogP contribution is 2.25. The van der Waals surface area contributed by atoms with Gasteiger partial charge in [0.05, 0.1) is 0 Å². The summed E-state index contributed by atoms with van der Waals surface area (Å²) in [5.41, 5.74) is 6.06. The number of hydrogen-bond donors (Lipinski definition) is 1. The van der Waals surface area contributed by atoms with Gasteiger partial charge in [0.15, 0.2) is 17.5 Å². The van der Waals surface area contributed by atoms with E-state index < -0.39 is 17.5 Å². The molecule has 1 aromatic rings. The lowest BCUT2D eigenvalue weighted by Gasteiger charge is -2.35. The second-order valence-electron chi connectivity index (χ2n) is 5.20. The van der Waals surface area contributed by atoms with Crippen LogP contribution in [0.3, 0.4) is 0 Å². The molecule has 1 rings (SSSR count). The Morgan fingerprint density at radius 2 is 1.58 bits per heavy atom. The molecule has 0 aliphatic carbocycles. The Balaban J connectivity index is 3.10. The Labute approximate surface area is 112 Å². The minimum Gasteiger partial charge on any atom is -0.329 e. The van der Waals surface area contributed by atoms with Crippen LogP contribution < -0.4 is 5.73 Å². The molecule has 0 aliphatic heterocycles. The summed E-state index contributed by atoms with van der Waals surface area (Å²) in [7, 11) is 1.85. The monoisotopic (exact) mass is 274 g/mol. The van der Waals surface area contributed by atoms with E-state index >= 15 is 0 Å². The number of halogens is 3. The van der Waals surface area contributed by atoms with E-state index in [-0.39, 0.29) is 18.6 Å². The van der Waals surface area contributed by atoms with E-state index in [1.54, 1.807) is 0 Å². The molecule has 0 saturated heterocycles. The van der Waals surface area contributed by atoms with Gasteiger partial charge in [-0.3, -0.25) is 4.90 Å². The molecule has 0 aromatic heterocycles. The lowest BCUT2D eigenvalue weighted by atomic mass is 9.99. The summed E-state index contributed by atoms with van der Waals surface area (Å²) in [6.45, 7) is 6.34. The Morgan fingerprint density at radius 3 is 1.95 bits per heavy atom. The summed E-state index contributed by atoms with van der Waals surface area (Å²) >= 11 is 0. The van der Waals surface area contributed by atoms with Crippen molar-refractivity contribution >= 4 is 0 Å². The predicted molar refractivity (Wildman–Crippen MR) is 70.2 cm³/mol. The predicted octanol–water partition coefficient (Wildman–Crippen LogP) is 3.08. The summed E-state index contributed by atoms with van der Waals surface area (Å²) < 4.78 is 39.5. The molecule has 0 saturated carbocycles. The SMILES string of the molecule is CC(C)C(C)N(C)C(CN)c1cc(F)c(F)c(F)c1. The number of nitrogens with two attached hydrogens (primary N) is 1. The molecule has 2 nitrogen and oxygen atoms in total. The van der Waals surface area contributed by atoms with Crippen molar-refractivity contribution in [2.75, 3.05) is 13.6 Å². The molecule has 0 bridgehead atoms. The maximum absolute atomic E-state index is 13.3.